The highest BCUT2D eigenvalue weighted by molar-refractivity contribution is 6.55. The molecule has 10 heteroatoms. The van der Waals surface area contributed by atoms with Crippen LogP contribution in [0.5, 0.6) is 17.2 Å². The van der Waals surface area contributed by atoms with Crippen LogP contribution >= 0.6 is 46.4 Å². The first-order chi connectivity index (χ1) is 14.1. The lowest BCUT2D eigenvalue weighted by molar-refractivity contribution is -0.274. The Bertz CT molecular complexity index is 887. The molecule has 0 N–H and O–H groups in total. The fourth-order valence-corrected chi connectivity index (χ4v) is 2.92. The van der Waals surface area contributed by atoms with Crippen LogP contribution in [0.1, 0.15) is 12.0 Å². The van der Waals surface area contributed by atoms with Gasteiger partial charge in [-0.2, -0.15) is 0 Å². The van der Waals surface area contributed by atoms with E-state index in [9.17, 15) is 13.2 Å². The minimum Gasteiger partial charge on any atom is -0.490 e. The molecule has 0 spiro atoms. The molecule has 0 bridgehead atoms. The molecule has 0 unspecified atom stereocenters. The van der Waals surface area contributed by atoms with Crippen LogP contribution in [-0.2, 0) is 0 Å². The summed E-state index contributed by atoms with van der Waals surface area (Å²) in [5.74, 6) is 0.431. The predicted molar refractivity (Wildman–Crippen MR) is 114 cm³/mol. The Labute approximate surface area is 191 Å². The van der Waals surface area contributed by atoms with Gasteiger partial charge in [-0.1, -0.05) is 70.7 Å². The second-order valence-corrected chi connectivity index (χ2v) is 7.50. The normalized spacial score (nSPS) is 11.4. The van der Waals surface area contributed by atoms with E-state index < -0.39 is 6.36 Å². The lowest BCUT2D eigenvalue weighted by atomic mass is 10.2. The molecule has 0 heterocycles. The van der Waals surface area contributed by atoms with Gasteiger partial charge in [0.05, 0.1) is 16.7 Å². The van der Waals surface area contributed by atoms with E-state index >= 15 is 0 Å². The van der Waals surface area contributed by atoms with Gasteiger partial charge in [-0.05, 0) is 30.2 Å². The SMILES string of the molecule is FC(F)(F)Oc1cccc(/C=C/CCOc2c(Cl)cc(OCC=C(Cl)Cl)cc2Cl)c1. The Balaban J connectivity index is 1.88. The van der Waals surface area contributed by atoms with Gasteiger partial charge >= 0.3 is 6.36 Å². The van der Waals surface area contributed by atoms with Gasteiger partial charge in [-0.25, -0.2) is 0 Å². The molecule has 0 aliphatic carbocycles. The second-order valence-electron chi connectivity index (χ2n) is 5.68. The highest BCUT2D eigenvalue weighted by Crippen LogP contribution is 2.37. The first-order valence-corrected chi connectivity index (χ1v) is 9.93. The van der Waals surface area contributed by atoms with Crippen molar-refractivity contribution < 1.29 is 27.4 Å². The lowest BCUT2D eigenvalue weighted by Gasteiger charge is -2.11. The minimum absolute atomic E-state index is 0.0832. The van der Waals surface area contributed by atoms with E-state index in [0.717, 1.165) is 0 Å². The maximum absolute atomic E-state index is 12.3. The van der Waals surface area contributed by atoms with Crippen molar-refractivity contribution in [3.63, 3.8) is 0 Å². The van der Waals surface area contributed by atoms with Gasteiger partial charge in [-0.15, -0.1) is 13.2 Å². The molecule has 0 fully saturated rings. The number of hydrogen-bond donors (Lipinski definition) is 0. The second kappa shape index (κ2) is 11.6. The zero-order valence-electron chi connectivity index (χ0n) is 15.2. The van der Waals surface area contributed by atoms with Crippen molar-refractivity contribution in [1.29, 1.82) is 0 Å². The van der Waals surface area contributed by atoms with E-state index in [1.807, 2.05) is 0 Å². The largest absolute Gasteiger partial charge is 0.573 e. The highest BCUT2D eigenvalue weighted by atomic mass is 35.5. The minimum atomic E-state index is -4.73. The number of hydrogen-bond acceptors (Lipinski definition) is 3. The summed E-state index contributed by atoms with van der Waals surface area (Å²) in [6, 6.07) is 8.72. The van der Waals surface area contributed by atoms with Gasteiger partial charge in [-0.3, -0.25) is 0 Å². The van der Waals surface area contributed by atoms with Crippen molar-refractivity contribution in [2.45, 2.75) is 12.8 Å². The van der Waals surface area contributed by atoms with Crippen molar-refractivity contribution in [3.05, 3.63) is 68.7 Å². The Hall–Kier alpha value is -1.73. The average molecular weight is 502 g/mol. The fourth-order valence-electron chi connectivity index (χ4n) is 2.22. The quantitative estimate of drug-likeness (QED) is 0.325. The van der Waals surface area contributed by atoms with E-state index in [0.29, 0.717) is 23.5 Å². The topological polar surface area (TPSA) is 27.7 Å². The zero-order valence-corrected chi connectivity index (χ0v) is 18.2. The lowest BCUT2D eigenvalue weighted by Crippen LogP contribution is -2.17. The molecule has 0 atom stereocenters. The Morgan fingerprint density at radius 3 is 2.30 bits per heavy atom. The molecular formula is C20H15Cl4F3O3. The van der Waals surface area contributed by atoms with Crippen LogP contribution < -0.4 is 14.2 Å². The first-order valence-electron chi connectivity index (χ1n) is 8.42. The summed E-state index contributed by atoms with van der Waals surface area (Å²) in [6.07, 6.45) is 0.598. The van der Waals surface area contributed by atoms with Crippen LogP contribution in [0, 0.1) is 0 Å². The molecule has 0 saturated carbocycles. The number of benzene rings is 2. The first kappa shape index (κ1) is 24.5. The number of alkyl halides is 3. The van der Waals surface area contributed by atoms with Gasteiger partial charge in [0, 0.05) is 12.1 Å². The number of halogens is 7. The molecule has 2 aromatic carbocycles. The maximum atomic E-state index is 12.3. The molecule has 0 radical (unpaired) electrons. The smallest absolute Gasteiger partial charge is 0.490 e. The predicted octanol–water partition coefficient (Wildman–Crippen LogP) is 8.07. The van der Waals surface area contributed by atoms with Crippen molar-refractivity contribution in [2.75, 3.05) is 13.2 Å². The van der Waals surface area contributed by atoms with Gasteiger partial charge in [0.15, 0.2) is 5.75 Å². The van der Waals surface area contributed by atoms with Gasteiger partial charge in [0.2, 0.25) is 0 Å². The molecule has 0 saturated heterocycles. The van der Waals surface area contributed by atoms with Crippen molar-refractivity contribution in [2.24, 2.45) is 0 Å². The molecule has 0 aliphatic heterocycles. The molecule has 2 aromatic rings. The van der Waals surface area contributed by atoms with Crippen LogP contribution in [0.15, 0.2) is 53.0 Å². The van der Waals surface area contributed by atoms with E-state index in [1.54, 1.807) is 30.4 Å². The van der Waals surface area contributed by atoms with E-state index in [2.05, 4.69) is 4.74 Å². The zero-order chi connectivity index (χ0) is 22.1. The van der Waals surface area contributed by atoms with E-state index in [4.69, 9.17) is 55.9 Å². The van der Waals surface area contributed by atoms with Gasteiger partial charge in [0.1, 0.15) is 22.6 Å². The van der Waals surface area contributed by atoms with Crippen molar-refractivity contribution >= 4 is 52.5 Å². The van der Waals surface area contributed by atoms with Crippen LogP contribution in [0.25, 0.3) is 6.08 Å². The van der Waals surface area contributed by atoms with Crippen LogP contribution in [0.4, 0.5) is 13.2 Å². The summed E-state index contributed by atoms with van der Waals surface area (Å²) >= 11 is 23.4. The Morgan fingerprint density at radius 1 is 0.967 bits per heavy atom. The van der Waals surface area contributed by atoms with E-state index in [1.165, 1.54) is 24.3 Å². The third-order valence-corrected chi connectivity index (χ3v) is 4.26. The molecule has 30 heavy (non-hydrogen) atoms. The monoisotopic (exact) mass is 500 g/mol. The summed E-state index contributed by atoms with van der Waals surface area (Å²) < 4.78 is 51.8. The molecule has 3 nitrogen and oxygen atoms in total. The summed E-state index contributed by atoms with van der Waals surface area (Å²) in [5.41, 5.74) is 0.556. The highest BCUT2D eigenvalue weighted by Gasteiger charge is 2.31. The van der Waals surface area contributed by atoms with Crippen molar-refractivity contribution in [1.82, 2.24) is 0 Å². The summed E-state index contributed by atoms with van der Waals surface area (Å²) in [4.78, 5) is 0. The average Bonchev–Trinajstić information content (AvgIpc) is 2.62. The van der Waals surface area contributed by atoms with E-state index in [-0.39, 0.29) is 33.5 Å². The van der Waals surface area contributed by atoms with Crippen LogP contribution in [-0.4, -0.2) is 19.6 Å². The summed E-state index contributed by atoms with van der Waals surface area (Å²) in [6.45, 7) is 0.397. The molecule has 162 valence electrons. The van der Waals surface area contributed by atoms with Crippen LogP contribution in [0.2, 0.25) is 10.0 Å². The number of ether oxygens (including phenoxy) is 3. The van der Waals surface area contributed by atoms with Gasteiger partial charge < -0.3 is 14.2 Å². The fraction of sp³-hybridized carbons (Fsp3) is 0.200. The van der Waals surface area contributed by atoms with Crippen LogP contribution in [0.3, 0.4) is 0 Å². The summed E-state index contributed by atoms with van der Waals surface area (Å²) in [7, 11) is 0. The number of rotatable bonds is 9. The molecule has 0 aromatic heterocycles. The standard InChI is InChI=1S/C20H15Cl4F3O3/c21-16-11-15(28-9-7-18(23)24)12-17(22)19(16)29-8-2-1-4-13-5-3-6-14(10-13)30-20(25,26)27/h1,3-7,10-12H,2,8-9H2/b4-1+. The van der Waals surface area contributed by atoms with Gasteiger partial charge in [0.25, 0.3) is 0 Å². The van der Waals surface area contributed by atoms with Crippen molar-refractivity contribution in [3.8, 4) is 17.2 Å². The third kappa shape index (κ3) is 8.96. The summed E-state index contributed by atoms with van der Waals surface area (Å²) in [5, 5.41) is 0.527. The Kier molecular flexibility index (Phi) is 9.49. The molecule has 0 aliphatic rings. The third-order valence-electron chi connectivity index (χ3n) is 3.39. The molecular weight excluding hydrogens is 487 g/mol. The maximum Gasteiger partial charge on any atom is 0.573 e. The molecule has 2 rings (SSSR count). The Morgan fingerprint density at radius 2 is 1.67 bits per heavy atom. The molecule has 0 amide bonds.